The molecular weight excluding hydrogens is 339 g/mol. The van der Waals surface area contributed by atoms with Crippen molar-refractivity contribution >= 4 is 51.8 Å². The average molecular weight is 355 g/mol. The van der Waals surface area contributed by atoms with Crippen LogP contribution in [0, 0.1) is 0 Å². The topological polar surface area (TPSA) is 32.3 Å². The SMILES string of the molecule is O=C(Nc1ccccc1N1CCCCC1)c1cc(Cl)sc1Cl. The quantitative estimate of drug-likeness (QED) is 0.811. The van der Waals surface area contributed by atoms with E-state index in [2.05, 4.69) is 10.2 Å². The van der Waals surface area contributed by atoms with Gasteiger partial charge in [-0.05, 0) is 37.5 Å². The van der Waals surface area contributed by atoms with Crippen LogP contribution in [0.3, 0.4) is 0 Å². The van der Waals surface area contributed by atoms with Gasteiger partial charge in [-0.25, -0.2) is 0 Å². The number of hydrogen-bond acceptors (Lipinski definition) is 3. The molecule has 2 heterocycles. The molecule has 1 aliphatic heterocycles. The number of nitrogens with zero attached hydrogens (tertiary/aromatic N) is 1. The van der Waals surface area contributed by atoms with Gasteiger partial charge in [-0.1, -0.05) is 35.3 Å². The van der Waals surface area contributed by atoms with Crippen LogP contribution in [0.5, 0.6) is 0 Å². The number of nitrogens with one attached hydrogen (secondary N) is 1. The lowest BCUT2D eigenvalue weighted by Crippen LogP contribution is -2.30. The molecule has 22 heavy (non-hydrogen) atoms. The van der Waals surface area contributed by atoms with Crippen LogP contribution in [-0.2, 0) is 0 Å². The normalized spacial score (nSPS) is 14.9. The van der Waals surface area contributed by atoms with E-state index in [1.54, 1.807) is 6.07 Å². The van der Waals surface area contributed by atoms with Crippen LogP contribution in [0.15, 0.2) is 30.3 Å². The molecule has 0 unspecified atom stereocenters. The first-order chi connectivity index (χ1) is 10.6. The summed E-state index contributed by atoms with van der Waals surface area (Å²) in [5.74, 6) is -0.224. The molecule has 2 aromatic rings. The van der Waals surface area contributed by atoms with E-state index in [4.69, 9.17) is 23.2 Å². The van der Waals surface area contributed by atoms with Crippen molar-refractivity contribution in [2.75, 3.05) is 23.3 Å². The molecule has 116 valence electrons. The molecule has 0 atom stereocenters. The van der Waals surface area contributed by atoms with Crippen molar-refractivity contribution in [3.63, 3.8) is 0 Å². The summed E-state index contributed by atoms with van der Waals surface area (Å²) < 4.78 is 0.928. The number of anilines is 2. The summed E-state index contributed by atoms with van der Waals surface area (Å²) in [5.41, 5.74) is 2.30. The minimum absolute atomic E-state index is 0.224. The molecule has 1 amide bonds. The largest absolute Gasteiger partial charge is 0.370 e. The van der Waals surface area contributed by atoms with Crippen LogP contribution < -0.4 is 10.2 Å². The van der Waals surface area contributed by atoms with Gasteiger partial charge in [-0.2, -0.15) is 0 Å². The molecule has 6 heteroatoms. The standard InChI is InChI=1S/C16H16Cl2N2OS/c17-14-10-11(15(18)22-14)16(21)19-12-6-2-3-7-13(12)20-8-4-1-5-9-20/h2-3,6-7,10H,1,4-5,8-9H2,(H,19,21). The number of piperidine rings is 1. The smallest absolute Gasteiger partial charge is 0.258 e. The van der Waals surface area contributed by atoms with E-state index in [9.17, 15) is 4.79 Å². The molecule has 0 spiro atoms. The zero-order chi connectivity index (χ0) is 15.5. The summed E-state index contributed by atoms with van der Waals surface area (Å²) in [7, 11) is 0. The summed E-state index contributed by atoms with van der Waals surface area (Å²) in [4.78, 5) is 14.7. The van der Waals surface area contributed by atoms with Gasteiger partial charge in [0.1, 0.15) is 4.34 Å². The highest BCUT2D eigenvalue weighted by atomic mass is 35.5. The molecule has 1 aromatic carbocycles. The van der Waals surface area contributed by atoms with E-state index < -0.39 is 0 Å². The van der Waals surface area contributed by atoms with Gasteiger partial charge in [0.2, 0.25) is 0 Å². The predicted octanol–water partition coefficient (Wildman–Crippen LogP) is 5.30. The Balaban J connectivity index is 1.83. The molecule has 1 saturated heterocycles. The van der Waals surface area contributed by atoms with Crippen LogP contribution in [0.4, 0.5) is 11.4 Å². The van der Waals surface area contributed by atoms with Gasteiger partial charge in [-0.3, -0.25) is 4.79 Å². The summed E-state index contributed by atoms with van der Waals surface area (Å²) in [5, 5.41) is 2.96. The first-order valence-corrected chi connectivity index (χ1v) is 8.82. The van der Waals surface area contributed by atoms with Crippen LogP contribution in [0.25, 0.3) is 0 Å². The lowest BCUT2D eigenvalue weighted by molar-refractivity contribution is 0.102. The van der Waals surface area contributed by atoms with Crippen molar-refractivity contribution in [2.24, 2.45) is 0 Å². The monoisotopic (exact) mass is 354 g/mol. The van der Waals surface area contributed by atoms with Crippen LogP contribution in [-0.4, -0.2) is 19.0 Å². The Bertz CT molecular complexity index is 681. The van der Waals surface area contributed by atoms with Gasteiger partial charge < -0.3 is 10.2 Å². The molecule has 0 bridgehead atoms. The third kappa shape index (κ3) is 3.40. The van der Waals surface area contributed by atoms with Crippen molar-refractivity contribution in [1.82, 2.24) is 0 Å². The molecule has 1 N–H and O–H groups in total. The van der Waals surface area contributed by atoms with E-state index in [-0.39, 0.29) is 5.91 Å². The molecule has 1 aliphatic rings. The summed E-state index contributed by atoms with van der Waals surface area (Å²) in [6, 6.07) is 9.49. The zero-order valence-electron chi connectivity index (χ0n) is 11.9. The molecular formula is C16H16Cl2N2OS. The summed E-state index contributed by atoms with van der Waals surface area (Å²) in [6.45, 7) is 2.05. The van der Waals surface area contributed by atoms with Gasteiger partial charge in [0.25, 0.3) is 5.91 Å². The Kier molecular flexibility index (Phi) is 4.91. The molecule has 3 nitrogen and oxygen atoms in total. The minimum Gasteiger partial charge on any atom is -0.370 e. The minimum atomic E-state index is -0.224. The highest BCUT2D eigenvalue weighted by molar-refractivity contribution is 7.20. The highest BCUT2D eigenvalue weighted by Crippen LogP contribution is 2.33. The Morgan fingerprint density at radius 2 is 1.86 bits per heavy atom. The average Bonchev–Trinajstić information content (AvgIpc) is 2.87. The molecule has 1 aromatic heterocycles. The van der Waals surface area contributed by atoms with E-state index in [0.29, 0.717) is 14.2 Å². The van der Waals surface area contributed by atoms with Gasteiger partial charge in [-0.15, -0.1) is 11.3 Å². The Hall–Kier alpha value is -1.23. The number of carbonyl (C=O) groups is 1. The Morgan fingerprint density at radius 1 is 1.14 bits per heavy atom. The number of halogens is 2. The third-order valence-electron chi connectivity index (χ3n) is 3.75. The highest BCUT2D eigenvalue weighted by Gasteiger charge is 2.18. The van der Waals surface area contributed by atoms with Gasteiger partial charge in [0.05, 0.1) is 21.3 Å². The summed E-state index contributed by atoms with van der Waals surface area (Å²) in [6.07, 6.45) is 3.65. The maximum absolute atomic E-state index is 12.4. The van der Waals surface area contributed by atoms with Gasteiger partial charge >= 0.3 is 0 Å². The molecule has 3 rings (SSSR count). The lowest BCUT2D eigenvalue weighted by Gasteiger charge is -2.30. The second-order valence-electron chi connectivity index (χ2n) is 5.26. The number of carbonyl (C=O) groups excluding carboxylic acids is 1. The van der Waals surface area contributed by atoms with E-state index in [0.717, 1.165) is 24.5 Å². The molecule has 0 aliphatic carbocycles. The first kappa shape index (κ1) is 15.7. The number of para-hydroxylation sites is 2. The van der Waals surface area contributed by atoms with E-state index >= 15 is 0 Å². The van der Waals surface area contributed by atoms with Crippen molar-refractivity contribution in [3.05, 3.63) is 44.6 Å². The fourth-order valence-electron chi connectivity index (χ4n) is 2.67. The number of benzene rings is 1. The van der Waals surface area contributed by atoms with E-state index in [1.165, 1.54) is 30.6 Å². The fraction of sp³-hybridized carbons (Fsp3) is 0.312. The van der Waals surface area contributed by atoms with Crippen molar-refractivity contribution in [3.8, 4) is 0 Å². The number of rotatable bonds is 3. The predicted molar refractivity (Wildman–Crippen MR) is 94.8 cm³/mol. The van der Waals surface area contributed by atoms with Crippen LogP contribution in [0.1, 0.15) is 29.6 Å². The van der Waals surface area contributed by atoms with Crippen molar-refractivity contribution in [2.45, 2.75) is 19.3 Å². The van der Waals surface area contributed by atoms with Gasteiger partial charge in [0.15, 0.2) is 0 Å². The van der Waals surface area contributed by atoms with Crippen LogP contribution >= 0.6 is 34.5 Å². The van der Waals surface area contributed by atoms with Crippen molar-refractivity contribution in [1.29, 1.82) is 0 Å². The number of hydrogen-bond donors (Lipinski definition) is 1. The number of amides is 1. The van der Waals surface area contributed by atoms with Crippen molar-refractivity contribution < 1.29 is 4.79 Å². The molecule has 0 saturated carbocycles. The second kappa shape index (κ2) is 6.90. The Morgan fingerprint density at radius 3 is 2.55 bits per heavy atom. The fourth-order valence-corrected chi connectivity index (χ4v) is 4.13. The van der Waals surface area contributed by atoms with E-state index in [1.807, 2.05) is 24.3 Å². The third-order valence-corrected chi connectivity index (χ3v) is 5.24. The second-order valence-corrected chi connectivity index (χ2v) is 7.54. The first-order valence-electron chi connectivity index (χ1n) is 7.25. The van der Waals surface area contributed by atoms with Crippen LogP contribution in [0.2, 0.25) is 8.67 Å². The molecule has 1 fully saturated rings. The van der Waals surface area contributed by atoms with Gasteiger partial charge in [0, 0.05) is 13.1 Å². The number of thiophene rings is 1. The maximum Gasteiger partial charge on any atom is 0.258 e. The zero-order valence-corrected chi connectivity index (χ0v) is 14.3. The lowest BCUT2D eigenvalue weighted by atomic mass is 10.1. The Labute approximate surface area is 143 Å². The summed E-state index contributed by atoms with van der Waals surface area (Å²) >= 11 is 13.2. The maximum atomic E-state index is 12.4. The molecule has 0 radical (unpaired) electrons.